The minimum atomic E-state index is -2.35. The Bertz CT molecular complexity index is 206. The normalized spacial score (nSPS) is 22.2. The molecule has 0 aromatic rings. The molecule has 0 aliphatic rings. The third kappa shape index (κ3) is 6.31. The molecule has 11 heavy (non-hydrogen) atoms. The second-order valence-electron chi connectivity index (χ2n) is 3.47. The Morgan fingerprint density at radius 3 is 2.36 bits per heavy atom. The van der Waals surface area contributed by atoms with Crippen molar-refractivity contribution in [3.8, 4) is 0 Å². The summed E-state index contributed by atoms with van der Waals surface area (Å²) in [6.07, 6.45) is 2.99. The van der Waals surface area contributed by atoms with Crippen molar-refractivity contribution in [1.29, 1.82) is 4.78 Å². The highest BCUT2D eigenvalue weighted by Gasteiger charge is 2.16. The molecule has 2 atom stereocenters. The molecular weight excluding hydrogens is 160 g/mol. The third-order valence-electron chi connectivity index (χ3n) is 1.87. The molecule has 0 bridgehead atoms. The van der Waals surface area contributed by atoms with Crippen LogP contribution in [0.1, 0.15) is 26.7 Å². The molecule has 0 aliphatic heterocycles. The molecule has 0 radical (unpaired) electrons. The molecule has 0 aromatic heterocycles. The van der Waals surface area contributed by atoms with E-state index in [0.717, 1.165) is 6.42 Å². The Kier molecular flexibility index (Phi) is 3.51. The van der Waals surface area contributed by atoms with E-state index in [9.17, 15) is 4.21 Å². The van der Waals surface area contributed by atoms with Gasteiger partial charge in [-0.15, -0.1) is 0 Å². The predicted molar refractivity (Wildman–Crippen MR) is 49.2 cm³/mol. The first kappa shape index (κ1) is 10.9. The average molecular weight is 178 g/mol. The zero-order valence-corrected chi connectivity index (χ0v) is 8.33. The molecule has 2 unspecified atom stereocenters. The van der Waals surface area contributed by atoms with Crippen molar-refractivity contribution in [2.45, 2.75) is 32.2 Å². The van der Waals surface area contributed by atoms with Crippen molar-refractivity contribution >= 4 is 9.73 Å². The fraction of sp³-hybridized carbons (Fsp3) is 1.00. The topological polar surface area (TPSA) is 66.9 Å². The highest BCUT2D eigenvalue weighted by Crippen LogP contribution is 2.11. The van der Waals surface area contributed by atoms with Crippen LogP contribution in [0.5, 0.6) is 0 Å². The lowest BCUT2D eigenvalue weighted by molar-refractivity contribution is 0.439. The van der Waals surface area contributed by atoms with E-state index in [-0.39, 0.29) is 5.54 Å². The number of rotatable bonds is 4. The summed E-state index contributed by atoms with van der Waals surface area (Å²) in [5, 5.41) is 0. The number of nitrogens with one attached hydrogen (secondary N) is 1. The standard InChI is InChI=1S/C7H18N2OS/c1-4-7(2,8)5-6-11(3,9)10/h9H,4-6,8H2,1-3H3. The van der Waals surface area contributed by atoms with Crippen LogP contribution in [0.15, 0.2) is 0 Å². The largest absolute Gasteiger partial charge is 0.325 e. The Morgan fingerprint density at radius 2 is 2.09 bits per heavy atom. The quantitative estimate of drug-likeness (QED) is 0.679. The molecule has 0 spiro atoms. The zero-order valence-electron chi connectivity index (χ0n) is 7.52. The van der Waals surface area contributed by atoms with Gasteiger partial charge in [0.1, 0.15) is 0 Å². The van der Waals surface area contributed by atoms with Gasteiger partial charge in [-0.05, 0) is 19.8 Å². The Labute approximate surface area is 69.3 Å². The average Bonchev–Trinajstić information content (AvgIpc) is 1.83. The molecular formula is C7H18N2OS. The van der Waals surface area contributed by atoms with E-state index in [1.165, 1.54) is 6.26 Å². The summed E-state index contributed by atoms with van der Waals surface area (Å²) in [7, 11) is -2.35. The summed E-state index contributed by atoms with van der Waals surface area (Å²) in [5.41, 5.74) is 5.56. The first-order valence-corrected chi connectivity index (χ1v) is 5.91. The highest BCUT2D eigenvalue weighted by molar-refractivity contribution is 7.91. The summed E-state index contributed by atoms with van der Waals surface area (Å²) in [6.45, 7) is 3.93. The molecule has 0 saturated carbocycles. The predicted octanol–water partition coefficient (Wildman–Crippen LogP) is 1.18. The lowest BCUT2D eigenvalue weighted by Gasteiger charge is -2.22. The molecule has 0 aliphatic carbocycles. The summed E-state index contributed by atoms with van der Waals surface area (Å²) < 4.78 is 18.1. The van der Waals surface area contributed by atoms with E-state index in [4.69, 9.17) is 10.5 Å². The van der Waals surface area contributed by atoms with Crippen molar-refractivity contribution in [3.05, 3.63) is 0 Å². The van der Waals surface area contributed by atoms with Crippen molar-refractivity contribution in [1.82, 2.24) is 0 Å². The van der Waals surface area contributed by atoms with Crippen LogP contribution >= 0.6 is 0 Å². The van der Waals surface area contributed by atoms with E-state index >= 15 is 0 Å². The first-order chi connectivity index (χ1) is 4.77. The van der Waals surface area contributed by atoms with Gasteiger partial charge in [-0.3, -0.25) is 8.99 Å². The van der Waals surface area contributed by atoms with Crippen molar-refractivity contribution < 1.29 is 4.21 Å². The third-order valence-corrected chi connectivity index (χ3v) is 2.85. The lowest BCUT2D eigenvalue weighted by atomic mass is 9.98. The molecule has 0 saturated heterocycles. The van der Waals surface area contributed by atoms with Crippen LogP contribution < -0.4 is 5.73 Å². The molecule has 3 N–H and O–H groups in total. The van der Waals surface area contributed by atoms with E-state index in [1.807, 2.05) is 13.8 Å². The minimum absolute atomic E-state index is 0.250. The van der Waals surface area contributed by atoms with Crippen LogP contribution in [0.2, 0.25) is 0 Å². The van der Waals surface area contributed by atoms with Gasteiger partial charge in [0.05, 0.1) is 0 Å². The molecule has 0 amide bonds. The Hall–Kier alpha value is -0.0900. The van der Waals surface area contributed by atoms with Gasteiger partial charge in [0.15, 0.2) is 0 Å². The summed E-state index contributed by atoms with van der Waals surface area (Å²) >= 11 is 0. The summed E-state index contributed by atoms with van der Waals surface area (Å²) in [6, 6.07) is 0. The molecule has 3 nitrogen and oxygen atoms in total. The van der Waals surface area contributed by atoms with E-state index in [0.29, 0.717) is 12.2 Å². The lowest BCUT2D eigenvalue weighted by Crippen LogP contribution is -2.36. The van der Waals surface area contributed by atoms with Crippen molar-refractivity contribution in [3.63, 3.8) is 0 Å². The van der Waals surface area contributed by atoms with Crippen LogP contribution in [0.4, 0.5) is 0 Å². The van der Waals surface area contributed by atoms with Gasteiger partial charge in [0.2, 0.25) is 0 Å². The van der Waals surface area contributed by atoms with Gasteiger partial charge >= 0.3 is 0 Å². The number of hydrogen-bond acceptors (Lipinski definition) is 3. The Morgan fingerprint density at radius 1 is 1.64 bits per heavy atom. The van der Waals surface area contributed by atoms with Crippen LogP contribution in [0.25, 0.3) is 0 Å². The molecule has 0 rings (SSSR count). The smallest absolute Gasteiger partial charge is 0.0413 e. The van der Waals surface area contributed by atoms with E-state index in [1.54, 1.807) is 0 Å². The summed E-state index contributed by atoms with van der Waals surface area (Å²) in [4.78, 5) is 0. The number of nitrogens with two attached hydrogens (primary N) is 1. The van der Waals surface area contributed by atoms with Crippen LogP contribution in [0.3, 0.4) is 0 Å². The van der Waals surface area contributed by atoms with Crippen LogP contribution in [0, 0.1) is 4.78 Å². The van der Waals surface area contributed by atoms with Gasteiger partial charge < -0.3 is 5.73 Å². The minimum Gasteiger partial charge on any atom is -0.325 e. The molecule has 0 aromatic carbocycles. The summed E-state index contributed by atoms with van der Waals surface area (Å²) in [5.74, 6) is 0.411. The van der Waals surface area contributed by atoms with Gasteiger partial charge in [-0.2, -0.15) is 0 Å². The zero-order chi connectivity index (χ0) is 9.12. The first-order valence-electron chi connectivity index (χ1n) is 3.77. The fourth-order valence-corrected chi connectivity index (χ4v) is 1.46. The van der Waals surface area contributed by atoms with E-state index < -0.39 is 9.73 Å². The monoisotopic (exact) mass is 178 g/mol. The second-order valence-corrected chi connectivity index (χ2v) is 5.88. The molecule has 4 heteroatoms. The van der Waals surface area contributed by atoms with Crippen LogP contribution in [-0.2, 0) is 9.73 Å². The SMILES string of the molecule is CCC(C)(N)CCS(C)(=N)=O. The maximum atomic E-state index is 11.0. The maximum Gasteiger partial charge on any atom is 0.0413 e. The van der Waals surface area contributed by atoms with E-state index in [2.05, 4.69) is 0 Å². The van der Waals surface area contributed by atoms with Gasteiger partial charge in [0.25, 0.3) is 0 Å². The van der Waals surface area contributed by atoms with Crippen molar-refractivity contribution in [2.24, 2.45) is 5.73 Å². The van der Waals surface area contributed by atoms with Gasteiger partial charge in [0, 0.05) is 27.3 Å². The fourth-order valence-electron chi connectivity index (χ4n) is 0.605. The number of hydrogen-bond donors (Lipinski definition) is 2. The molecule has 0 heterocycles. The molecule has 0 fully saturated rings. The van der Waals surface area contributed by atoms with Gasteiger partial charge in [-0.1, -0.05) is 6.92 Å². The van der Waals surface area contributed by atoms with Crippen molar-refractivity contribution in [2.75, 3.05) is 12.0 Å². The van der Waals surface area contributed by atoms with Crippen LogP contribution in [-0.4, -0.2) is 21.8 Å². The molecule has 68 valence electrons. The second kappa shape index (κ2) is 3.54. The highest BCUT2D eigenvalue weighted by atomic mass is 32.2. The Balaban J connectivity index is 3.90. The maximum absolute atomic E-state index is 11.0. The van der Waals surface area contributed by atoms with Gasteiger partial charge in [-0.25, -0.2) is 0 Å².